The number of amides is 1. The van der Waals surface area contributed by atoms with Crippen molar-refractivity contribution in [3.63, 3.8) is 0 Å². The van der Waals surface area contributed by atoms with E-state index in [1.807, 2.05) is 36.0 Å². The molecule has 4 aromatic rings. The van der Waals surface area contributed by atoms with E-state index < -0.39 is 17.6 Å². The van der Waals surface area contributed by atoms with Crippen molar-refractivity contribution >= 4 is 16.8 Å². The van der Waals surface area contributed by atoms with E-state index in [2.05, 4.69) is 4.98 Å². The second kappa shape index (κ2) is 6.77. The summed E-state index contributed by atoms with van der Waals surface area (Å²) in [6.07, 6.45) is -2.49. The monoisotopic (exact) mass is 395 g/mol. The molecule has 4 rings (SSSR count). The van der Waals surface area contributed by atoms with E-state index in [0.29, 0.717) is 11.3 Å². The largest absolute Gasteiger partial charge is 0.416 e. The number of primary amides is 1. The number of carbonyl (C=O) groups is 1. The van der Waals surface area contributed by atoms with Gasteiger partial charge in [0, 0.05) is 35.3 Å². The third-order valence-electron chi connectivity index (χ3n) is 4.81. The maximum atomic E-state index is 12.9. The van der Waals surface area contributed by atoms with Crippen LogP contribution in [0.4, 0.5) is 13.2 Å². The summed E-state index contributed by atoms with van der Waals surface area (Å²) in [4.78, 5) is 15.7. The molecule has 2 N–H and O–H groups in total. The first-order valence-electron chi connectivity index (χ1n) is 8.78. The van der Waals surface area contributed by atoms with Gasteiger partial charge in [-0.15, -0.1) is 0 Å². The zero-order valence-electron chi connectivity index (χ0n) is 15.4. The Labute approximate surface area is 164 Å². The maximum absolute atomic E-state index is 12.9. The molecule has 0 atom stereocenters. The van der Waals surface area contributed by atoms with Crippen LogP contribution < -0.4 is 5.73 Å². The lowest BCUT2D eigenvalue weighted by Crippen LogP contribution is -2.12. The molecule has 0 saturated carbocycles. The number of rotatable bonds is 3. The Balaban J connectivity index is 1.83. The highest BCUT2D eigenvalue weighted by molar-refractivity contribution is 5.98. The van der Waals surface area contributed by atoms with Gasteiger partial charge in [-0.1, -0.05) is 24.3 Å². The lowest BCUT2D eigenvalue weighted by Gasteiger charge is -2.08. The van der Waals surface area contributed by atoms with Gasteiger partial charge in [-0.05, 0) is 42.0 Å². The molecule has 146 valence electrons. The molecule has 0 aliphatic rings. The number of hydrogen-bond donors (Lipinski definition) is 1. The summed E-state index contributed by atoms with van der Waals surface area (Å²) < 4.78 is 40.5. The molecule has 2 aromatic carbocycles. The molecule has 2 aromatic heterocycles. The van der Waals surface area contributed by atoms with E-state index in [-0.39, 0.29) is 5.69 Å². The number of nitrogens with zero attached hydrogens (tertiary/aromatic N) is 2. The first-order chi connectivity index (χ1) is 13.7. The second-order valence-electron chi connectivity index (χ2n) is 6.73. The minimum absolute atomic E-state index is 0.165. The van der Waals surface area contributed by atoms with Crippen molar-refractivity contribution in [2.45, 2.75) is 6.18 Å². The number of benzene rings is 2. The summed E-state index contributed by atoms with van der Waals surface area (Å²) in [6, 6.07) is 15.8. The van der Waals surface area contributed by atoms with E-state index in [4.69, 9.17) is 5.73 Å². The normalized spacial score (nSPS) is 11.7. The standard InChI is InChI=1S/C22H16F3N3O/c1-28-12-17(13-5-8-15(9-6-13)22(23,24)25)16-11-14(7-10-20(16)28)18-3-2-4-19(27-18)21(26)29/h2-12H,1H3,(H2,26,29). The van der Waals surface area contributed by atoms with Crippen molar-refractivity contribution in [2.75, 3.05) is 0 Å². The molecule has 1 amide bonds. The number of nitrogens with two attached hydrogens (primary N) is 1. The lowest BCUT2D eigenvalue weighted by atomic mass is 10.0. The predicted molar refractivity (Wildman–Crippen MR) is 105 cm³/mol. The molecule has 0 radical (unpaired) electrons. The molecule has 0 unspecified atom stereocenters. The fraction of sp³-hybridized carbons (Fsp3) is 0.0909. The fourth-order valence-corrected chi connectivity index (χ4v) is 3.35. The Morgan fingerprint density at radius 2 is 1.69 bits per heavy atom. The minimum Gasteiger partial charge on any atom is -0.364 e. The van der Waals surface area contributed by atoms with Crippen LogP contribution in [-0.2, 0) is 13.2 Å². The summed E-state index contributed by atoms with van der Waals surface area (Å²) in [5.74, 6) is -0.613. The van der Waals surface area contributed by atoms with Gasteiger partial charge in [-0.25, -0.2) is 4.98 Å². The molecule has 2 heterocycles. The molecule has 4 nitrogen and oxygen atoms in total. The Morgan fingerprint density at radius 1 is 1.00 bits per heavy atom. The maximum Gasteiger partial charge on any atom is 0.416 e. The molecule has 7 heteroatoms. The van der Waals surface area contributed by atoms with Gasteiger partial charge in [0.15, 0.2) is 0 Å². The van der Waals surface area contributed by atoms with E-state index in [1.165, 1.54) is 12.1 Å². The van der Waals surface area contributed by atoms with Crippen LogP contribution in [0.5, 0.6) is 0 Å². The van der Waals surface area contributed by atoms with Crippen LogP contribution in [0, 0.1) is 0 Å². The van der Waals surface area contributed by atoms with Gasteiger partial charge < -0.3 is 10.3 Å². The zero-order chi connectivity index (χ0) is 20.8. The molecule has 0 aliphatic heterocycles. The van der Waals surface area contributed by atoms with E-state index in [1.54, 1.807) is 18.2 Å². The Hall–Kier alpha value is -3.61. The number of carbonyl (C=O) groups excluding carboxylic acids is 1. The van der Waals surface area contributed by atoms with Gasteiger partial charge in [-0.2, -0.15) is 13.2 Å². The van der Waals surface area contributed by atoms with Gasteiger partial charge >= 0.3 is 6.18 Å². The molecular formula is C22H16F3N3O. The van der Waals surface area contributed by atoms with Crippen LogP contribution in [0.2, 0.25) is 0 Å². The average molecular weight is 395 g/mol. The van der Waals surface area contributed by atoms with Crippen LogP contribution in [0.15, 0.2) is 66.9 Å². The quantitative estimate of drug-likeness (QED) is 0.529. The van der Waals surface area contributed by atoms with Gasteiger partial charge in [0.05, 0.1) is 11.3 Å². The second-order valence-corrected chi connectivity index (χ2v) is 6.73. The van der Waals surface area contributed by atoms with Crippen molar-refractivity contribution in [1.82, 2.24) is 9.55 Å². The molecular weight excluding hydrogens is 379 g/mol. The zero-order valence-corrected chi connectivity index (χ0v) is 15.4. The average Bonchev–Trinajstić information content (AvgIpc) is 3.03. The van der Waals surface area contributed by atoms with Crippen molar-refractivity contribution in [3.05, 3.63) is 78.1 Å². The number of alkyl halides is 3. The lowest BCUT2D eigenvalue weighted by molar-refractivity contribution is -0.137. The fourth-order valence-electron chi connectivity index (χ4n) is 3.35. The summed E-state index contributed by atoms with van der Waals surface area (Å²) in [6.45, 7) is 0. The van der Waals surface area contributed by atoms with Gasteiger partial charge in [0.25, 0.3) is 5.91 Å². The first kappa shape index (κ1) is 18.7. The predicted octanol–water partition coefficient (Wildman–Crippen LogP) is 5.03. The highest BCUT2D eigenvalue weighted by Crippen LogP contribution is 2.35. The van der Waals surface area contributed by atoms with Crippen LogP contribution in [0.1, 0.15) is 16.1 Å². The molecule has 0 bridgehead atoms. The summed E-state index contributed by atoms with van der Waals surface area (Å²) in [7, 11) is 1.88. The summed E-state index contributed by atoms with van der Waals surface area (Å²) in [5, 5.41) is 0.871. The van der Waals surface area contributed by atoms with Crippen LogP contribution in [0.3, 0.4) is 0 Å². The van der Waals surface area contributed by atoms with Crippen LogP contribution >= 0.6 is 0 Å². The smallest absolute Gasteiger partial charge is 0.364 e. The van der Waals surface area contributed by atoms with Crippen LogP contribution in [-0.4, -0.2) is 15.5 Å². The highest BCUT2D eigenvalue weighted by atomic mass is 19.4. The number of aromatic nitrogens is 2. The molecule has 0 spiro atoms. The Bertz CT molecular complexity index is 1220. The number of fused-ring (bicyclic) bond motifs is 1. The van der Waals surface area contributed by atoms with Gasteiger partial charge in [0.2, 0.25) is 0 Å². The highest BCUT2D eigenvalue weighted by Gasteiger charge is 2.30. The van der Waals surface area contributed by atoms with Crippen molar-refractivity contribution in [1.29, 1.82) is 0 Å². The molecule has 0 aliphatic carbocycles. The Morgan fingerprint density at radius 3 is 2.34 bits per heavy atom. The van der Waals surface area contributed by atoms with E-state index in [0.717, 1.165) is 34.2 Å². The first-order valence-corrected chi connectivity index (χ1v) is 8.78. The summed E-state index contributed by atoms with van der Waals surface area (Å²) >= 11 is 0. The topological polar surface area (TPSA) is 60.9 Å². The third kappa shape index (κ3) is 3.47. The van der Waals surface area contributed by atoms with Crippen molar-refractivity contribution < 1.29 is 18.0 Å². The van der Waals surface area contributed by atoms with Gasteiger partial charge in [0.1, 0.15) is 5.69 Å². The van der Waals surface area contributed by atoms with E-state index >= 15 is 0 Å². The van der Waals surface area contributed by atoms with Gasteiger partial charge in [-0.3, -0.25) is 4.79 Å². The Kier molecular flexibility index (Phi) is 4.38. The van der Waals surface area contributed by atoms with Crippen molar-refractivity contribution in [3.8, 4) is 22.4 Å². The van der Waals surface area contributed by atoms with Crippen molar-refractivity contribution in [2.24, 2.45) is 12.8 Å². The number of halogens is 3. The minimum atomic E-state index is -4.37. The number of hydrogen-bond acceptors (Lipinski definition) is 2. The van der Waals surface area contributed by atoms with E-state index in [9.17, 15) is 18.0 Å². The SMILES string of the molecule is Cn1cc(-c2ccc(C(F)(F)F)cc2)c2cc(-c3cccc(C(N)=O)n3)ccc21. The number of aryl methyl sites for hydroxylation is 1. The molecule has 0 fully saturated rings. The number of pyridine rings is 1. The third-order valence-corrected chi connectivity index (χ3v) is 4.81. The van der Waals surface area contributed by atoms with Crippen LogP contribution in [0.25, 0.3) is 33.3 Å². The molecule has 29 heavy (non-hydrogen) atoms. The summed E-state index contributed by atoms with van der Waals surface area (Å²) in [5.41, 5.74) is 8.57. The molecule has 0 saturated heterocycles.